The van der Waals surface area contributed by atoms with Gasteiger partial charge in [0, 0.05) is 31.3 Å². The largest absolute Gasteiger partial charge is 0.348 e. The summed E-state index contributed by atoms with van der Waals surface area (Å²) in [6, 6.07) is 10.8. The van der Waals surface area contributed by atoms with Crippen LogP contribution < -0.4 is 10.6 Å². The minimum absolute atomic E-state index is 0.0592. The highest BCUT2D eigenvalue weighted by Crippen LogP contribution is 2.14. The Balaban J connectivity index is 1.68. The zero-order valence-electron chi connectivity index (χ0n) is 13.6. The molecular weight excluding hydrogens is 335 g/mol. The molecule has 0 atom stereocenters. The van der Waals surface area contributed by atoms with Gasteiger partial charge in [-0.2, -0.15) is 0 Å². The molecule has 3 rings (SSSR count). The van der Waals surface area contributed by atoms with Gasteiger partial charge >= 0.3 is 0 Å². The Bertz CT molecular complexity index is 932. The fourth-order valence-electron chi connectivity index (χ4n) is 2.23. The van der Waals surface area contributed by atoms with Gasteiger partial charge in [-0.05, 0) is 29.8 Å². The molecule has 3 aromatic rings. The lowest BCUT2D eigenvalue weighted by Gasteiger charge is -2.08. The van der Waals surface area contributed by atoms with Crippen LogP contribution >= 0.6 is 0 Å². The highest BCUT2D eigenvalue weighted by molar-refractivity contribution is 6.05. The molecule has 0 radical (unpaired) electrons. The van der Waals surface area contributed by atoms with Crippen LogP contribution in [0.1, 0.15) is 26.3 Å². The molecule has 0 bridgehead atoms. The summed E-state index contributed by atoms with van der Waals surface area (Å²) in [7, 11) is 0. The SMILES string of the molecule is O=C(NCc1cccnc1)c1cncc(C(=O)Nc2ccccc2F)c1. The number of aromatic nitrogens is 2. The van der Waals surface area contributed by atoms with E-state index in [1.165, 1.54) is 36.7 Å². The van der Waals surface area contributed by atoms with E-state index < -0.39 is 11.7 Å². The van der Waals surface area contributed by atoms with Gasteiger partial charge in [-0.1, -0.05) is 18.2 Å². The zero-order chi connectivity index (χ0) is 18.4. The quantitative estimate of drug-likeness (QED) is 0.741. The van der Waals surface area contributed by atoms with E-state index in [1.807, 2.05) is 6.07 Å². The Kier molecular flexibility index (Phi) is 5.28. The number of carbonyl (C=O) groups excluding carboxylic acids is 2. The second-order valence-electron chi connectivity index (χ2n) is 5.44. The standard InChI is InChI=1S/C19H15FN4O2/c20-16-5-1-2-6-17(16)24-19(26)15-8-14(11-22-12-15)18(25)23-10-13-4-3-7-21-9-13/h1-9,11-12H,10H2,(H,23,25)(H,24,26). The van der Waals surface area contributed by atoms with Crippen LogP contribution in [-0.4, -0.2) is 21.8 Å². The lowest BCUT2D eigenvalue weighted by molar-refractivity contribution is 0.0950. The molecule has 0 aliphatic carbocycles. The lowest BCUT2D eigenvalue weighted by atomic mass is 10.1. The van der Waals surface area contributed by atoms with Gasteiger partial charge < -0.3 is 10.6 Å². The molecule has 0 unspecified atom stereocenters. The van der Waals surface area contributed by atoms with Crippen LogP contribution in [0.25, 0.3) is 0 Å². The minimum Gasteiger partial charge on any atom is -0.348 e. The van der Waals surface area contributed by atoms with E-state index in [1.54, 1.807) is 24.5 Å². The monoisotopic (exact) mass is 350 g/mol. The maximum Gasteiger partial charge on any atom is 0.257 e. The number of carbonyl (C=O) groups is 2. The smallest absolute Gasteiger partial charge is 0.257 e. The minimum atomic E-state index is -0.551. The van der Waals surface area contributed by atoms with E-state index in [2.05, 4.69) is 20.6 Å². The molecule has 130 valence electrons. The molecule has 0 aliphatic rings. The maximum absolute atomic E-state index is 13.6. The summed E-state index contributed by atoms with van der Waals surface area (Å²) in [4.78, 5) is 32.4. The number of hydrogen-bond acceptors (Lipinski definition) is 4. The first-order chi connectivity index (χ1) is 12.6. The molecule has 0 spiro atoms. The highest BCUT2D eigenvalue weighted by Gasteiger charge is 2.13. The number of anilines is 1. The molecule has 0 saturated carbocycles. The number of rotatable bonds is 5. The Morgan fingerprint density at radius 1 is 0.923 bits per heavy atom. The number of amides is 2. The molecule has 0 fully saturated rings. The van der Waals surface area contributed by atoms with Gasteiger partial charge in [0.2, 0.25) is 0 Å². The van der Waals surface area contributed by atoms with Gasteiger partial charge in [0.25, 0.3) is 11.8 Å². The van der Waals surface area contributed by atoms with E-state index >= 15 is 0 Å². The topological polar surface area (TPSA) is 84.0 Å². The zero-order valence-corrected chi connectivity index (χ0v) is 13.6. The third-order valence-corrected chi connectivity index (χ3v) is 3.56. The van der Waals surface area contributed by atoms with Crippen molar-refractivity contribution in [3.05, 3.63) is 89.8 Å². The summed E-state index contributed by atoms with van der Waals surface area (Å²) in [5, 5.41) is 5.19. The maximum atomic E-state index is 13.6. The van der Waals surface area contributed by atoms with Gasteiger partial charge in [-0.15, -0.1) is 0 Å². The second kappa shape index (κ2) is 7.98. The predicted octanol–water partition coefficient (Wildman–Crippen LogP) is 2.80. The first-order valence-electron chi connectivity index (χ1n) is 7.81. The molecule has 6 nitrogen and oxygen atoms in total. The first kappa shape index (κ1) is 17.2. The molecule has 2 N–H and O–H groups in total. The molecule has 1 aromatic carbocycles. The van der Waals surface area contributed by atoms with Gasteiger partial charge in [-0.3, -0.25) is 19.6 Å². The number of nitrogens with one attached hydrogen (secondary N) is 2. The fourth-order valence-corrected chi connectivity index (χ4v) is 2.23. The molecule has 0 saturated heterocycles. The normalized spacial score (nSPS) is 10.2. The highest BCUT2D eigenvalue weighted by atomic mass is 19.1. The summed E-state index contributed by atoms with van der Waals surface area (Å²) in [6.45, 7) is 0.304. The Labute approximate surface area is 149 Å². The van der Waals surface area contributed by atoms with Crippen LogP contribution in [0.15, 0.2) is 67.3 Å². The number of para-hydroxylation sites is 1. The van der Waals surface area contributed by atoms with Crippen LogP contribution in [0.3, 0.4) is 0 Å². The number of benzene rings is 1. The summed E-state index contributed by atoms with van der Waals surface area (Å²) in [5.41, 5.74) is 1.29. The Hall–Kier alpha value is -3.61. The number of nitrogens with zero attached hydrogens (tertiary/aromatic N) is 2. The summed E-state index contributed by atoms with van der Waals surface area (Å²) < 4.78 is 13.6. The van der Waals surface area contributed by atoms with Crippen molar-refractivity contribution in [3.63, 3.8) is 0 Å². The van der Waals surface area contributed by atoms with E-state index in [0.717, 1.165) is 5.56 Å². The number of halogens is 1. The van der Waals surface area contributed by atoms with Crippen LogP contribution in [0, 0.1) is 5.82 Å². The van der Waals surface area contributed by atoms with E-state index in [9.17, 15) is 14.0 Å². The van der Waals surface area contributed by atoms with Crippen molar-refractivity contribution in [2.24, 2.45) is 0 Å². The van der Waals surface area contributed by atoms with Crippen LogP contribution in [0.2, 0.25) is 0 Å². The summed E-state index contributed by atoms with van der Waals surface area (Å²) in [6.07, 6.45) is 5.97. The van der Waals surface area contributed by atoms with Crippen LogP contribution in [0.4, 0.5) is 10.1 Å². The lowest BCUT2D eigenvalue weighted by Crippen LogP contribution is -2.23. The van der Waals surface area contributed by atoms with Crippen molar-refractivity contribution in [2.45, 2.75) is 6.54 Å². The third kappa shape index (κ3) is 4.27. The Morgan fingerprint density at radius 2 is 1.69 bits per heavy atom. The molecule has 2 heterocycles. The summed E-state index contributed by atoms with van der Waals surface area (Å²) in [5.74, 6) is -1.47. The van der Waals surface area contributed by atoms with Crippen molar-refractivity contribution in [3.8, 4) is 0 Å². The fraction of sp³-hybridized carbons (Fsp3) is 0.0526. The predicted molar refractivity (Wildman–Crippen MR) is 94.0 cm³/mol. The molecular formula is C19H15FN4O2. The summed E-state index contributed by atoms with van der Waals surface area (Å²) >= 11 is 0. The van der Waals surface area contributed by atoms with Crippen molar-refractivity contribution in [2.75, 3.05) is 5.32 Å². The molecule has 2 aromatic heterocycles. The average molecular weight is 350 g/mol. The molecule has 0 aliphatic heterocycles. The van der Waals surface area contributed by atoms with Crippen LogP contribution in [0.5, 0.6) is 0 Å². The van der Waals surface area contributed by atoms with Crippen molar-refractivity contribution in [1.29, 1.82) is 0 Å². The Morgan fingerprint density at radius 3 is 2.42 bits per heavy atom. The van der Waals surface area contributed by atoms with Crippen molar-refractivity contribution < 1.29 is 14.0 Å². The number of hydrogen-bond donors (Lipinski definition) is 2. The third-order valence-electron chi connectivity index (χ3n) is 3.56. The first-order valence-corrected chi connectivity index (χ1v) is 7.81. The number of pyridine rings is 2. The van der Waals surface area contributed by atoms with E-state index in [-0.39, 0.29) is 22.7 Å². The van der Waals surface area contributed by atoms with Gasteiger partial charge in [-0.25, -0.2) is 4.39 Å². The van der Waals surface area contributed by atoms with Gasteiger partial charge in [0.15, 0.2) is 0 Å². The average Bonchev–Trinajstić information content (AvgIpc) is 2.69. The van der Waals surface area contributed by atoms with Gasteiger partial charge in [0.1, 0.15) is 5.82 Å². The van der Waals surface area contributed by atoms with E-state index in [0.29, 0.717) is 6.54 Å². The van der Waals surface area contributed by atoms with Gasteiger partial charge in [0.05, 0.1) is 16.8 Å². The van der Waals surface area contributed by atoms with Crippen molar-refractivity contribution in [1.82, 2.24) is 15.3 Å². The van der Waals surface area contributed by atoms with Crippen molar-refractivity contribution >= 4 is 17.5 Å². The second-order valence-corrected chi connectivity index (χ2v) is 5.44. The van der Waals surface area contributed by atoms with Crippen LogP contribution in [-0.2, 0) is 6.54 Å². The molecule has 7 heteroatoms. The molecule has 26 heavy (non-hydrogen) atoms. The van der Waals surface area contributed by atoms with E-state index in [4.69, 9.17) is 0 Å². The molecule has 2 amide bonds.